The van der Waals surface area contributed by atoms with Gasteiger partial charge in [-0.25, -0.2) is 0 Å². The number of rotatable bonds is 5. The van der Waals surface area contributed by atoms with Crippen LogP contribution < -0.4 is 4.74 Å². The van der Waals surface area contributed by atoms with Gasteiger partial charge in [0.2, 0.25) is 5.91 Å². The van der Waals surface area contributed by atoms with Gasteiger partial charge in [0, 0.05) is 39.1 Å². The maximum absolute atomic E-state index is 12.2. The van der Waals surface area contributed by atoms with Crippen LogP contribution in [0.1, 0.15) is 32.3 Å². The first-order chi connectivity index (χ1) is 10.6. The summed E-state index contributed by atoms with van der Waals surface area (Å²) in [5.74, 6) is 1.64. The first-order valence-corrected chi connectivity index (χ1v) is 8.21. The molecule has 0 bridgehead atoms. The number of amides is 1. The highest BCUT2D eigenvalue weighted by molar-refractivity contribution is 5.76. The van der Waals surface area contributed by atoms with Crippen LogP contribution >= 0.6 is 0 Å². The van der Waals surface area contributed by atoms with Gasteiger partial charge in [0.1, 0.15) is 5.75 Å². The lowest BCUT2D eigenvalue weighted by Gasteiger charge is -2.22. The predicted molar refractivity (Wildman–Crippen MR) is 88.9 cm³/mol. The van der Waals surface area contributed by atoms with Crippen molar-refractivity contribution in [3.05, 3.63) is 29.8 Å². The third-order valence-electron chi connectivity index (χ3n) is 4.09. The summed E-state index contributed by atoms with van der Waals surface area (Å²) < 4.78 is 5.19. The summed E-state index contributed by atoms with van der Waals surface area (Å²) in [6.45, 7) is 8.90. The van der Waals surface area contributed by atoms with Crippen molar-refractivity contribution in [3.63, 3.8) is 0 Å². The molecule has 1 saturated heterocycles. The van der Waals surface area contributed by atoms with Gasteiger partial charge < -0.3 is 9.64 Å². The molecule has 0 spiro atoms. The van der Waals surface area contributed by atoms with Crippen LogP contribution in [0.25, 0.3) is 0 Å². The largest absolute Gasteiger partial charge is 0.497 e. The fourth-order valence-corrected chi connectivity index (χ4v) is 2.85. The van der Waals surface area contributed by atoms with Crippen molar-refractivity contribution in [2.24, 2.45) is 5.92 Å². The monoisotopic (exact) mass is 304 g/mol. The van der Waals surface area contributed by atoms with Gasteiger partial charge in [-0.1, -0.05) is 26.0 Å². The van der Waals surface area contributed by atoms with Crippen molar-refractivity contribution >= 4 is 5.91 Å². The molecule has 2 rings (SSSR count). The number of benzene rings is 1. The Morgan fingerprint density at radius 2 is 1.86 bits per heavy atom. The summed E-state index contributed by atoms with van der Waals surface area (Å²) in [5, 5.41) is 0. The van der Waals surface area contributed by atoms with Crippen LogP contribution in [0.2, 0.25) is 0 Å². The van der Waals surface area contributed by atoms with Crippen LogP contribution in [0.3, 0.4) is 0 Å². The third kappa shape index (κ3) is 5.02. The van der Waals surface area contributed by atoms with Gasteiger partial charge in [-0.3, -0.25) is 9.69 Å². The van der Waals surface area contributed by atoms with E-state index in [9.17, 15) is 4.79 Å². The summed E-state index contributed by atoms with van der Waals surface area (Å²) >= 11 is 0. The Balaban J connectivity index is 1.85. The molecule has 0 N–H and O–H groups in total. The van der Waals surface area contributed by atoms with E-state index < -0.39 is 0 Å². The highest BCUT2D eigenvalue weighted by Crippen LogP contribution is 2.15. The van der Waals surface area contributed by atoms with Crippen LogP contribution in [0.15, 0.2) is 24.3 Å². The van der Waals surface area contributed by atoms with E-state index in [0.29, 0.717) is 18.2 Å². The average molecular weight is 304 g/mol. The molecule has 0 aliphatic carbocycles. The van der Waals surface area contributed by atoms with Gasteiger partial charge in [-0.2, -0.15) is 0 Å². The fraction of sp³-hybridized carbons (Fsp3) is 0.611. The third-order valence-corrected chi connectivity index (χ3v) is 4.09. The highest BCUT2D eigenvalue weighted by Gasteiger charge is 2.19. The summed E-state index contributed by atoms with van der Waals surface area (Å²) in [7, 11) is 1.69. The minimum Gasteiger partial charge on any atom is -0.497 e. The van der Waals surface area contributed by atoms with Crippen LogP contribution in [-0.2, 0) is 11.3 Å². The van der Waals surface area contributed by atoms with E-state index >= 15 is 0 Å². The second kappa shape index (κ2) is 8.18. The lowest BCUT2D eigenvalue weighted by molar-refractivity contribution is -0.131. The smallest absolute Gasteiger partial charge is 0.222 e. The molecule has 1 aromatic carbocycles. The molecule has 0 unspecified atom stereocenters. The van der Waals surface area contributed by atoms with Crippen molar-refractivity contribution in [1.82, 2.24) is 9.80 Å². The average Bonchev–Trinajstić information content (AvgIpc) is 2.73. The zero-order chi connectivity index (χ0) is 15.9. The fourth-order valence-electron chi connectivity index (χ4n) is 2.85. The number of nitrogens with zero attached hydrogens (tertiary/aromatic N) is 2. The molecule has 0 aromatic heterocycles. The first-order valence-electron chi connectivity index (χ1n) is 8.21. The van der Waals surface area contributed by atoms with Gasteiger partial charge in [0.25, 0.3) is 0 Å². The summed E-state index contributed by atoms with van der Waals surface area (Å²) in [6.07, 6.45) is 1.72. The zero-order valence-electron chi connectivity index (χ0n) is 14.0. The number of carbonyl (C=O) groups is 1. The van der Waals surface area contributed by atoms with E-state index in [2.05, 4.69) is 30.9 Å². The molecule has 1 aliphatic heterocycles. The van der Waals surface area contributed by atoms with Gasteiger partial charge in [-0.15, -0.1) is 0 Å². The number of carbonyl (C=O) groups excluding carboxylic acids is 1. The number of hydrogen-bond acceptors (Lipinski definition) is 3. The second-order valence-electron chi connectivity index (χ2n) is 6.46. The minimum atomic E-state index is 0.307. The molecule has 1 heterocycles. The Bertz CT molecular complexity index is 470. The molecule has 0 atom stereocenters. The van der Waals surface area contributed by atoms with E-state index in [4.69, 9.17) is 4.74 Å². The lowest BCUT2D eigenvalue weighted by atomic mass is 10.1. The van der Waals surface area contributed by atoms with Gasteiger partial charge in [0.05, 0.1) is 7.11 Å². The first kappa shape index (κ1) is 16.8. The Labute approximate surface area is 134 Å². The standard InChI is InChI=1S/C18H28N2O2/c1-15(2)13-18(21)20-10-4-9-19(11-12-20)14-16-5-7-17(22-3)8-6-16/h5-8,15H,4,9-14H2,1-3H3. The Kier molecular flexibility index (Phi) is 6.25. The Hall–Kier alpha value is -1.55. The van der Waals surface area contributed by atoms with E-state index in [0.717, 1.165) is 44.9 Å². The summed E-state index contributed by atoms with van der Waals surface area (Å²) in [4.78, 5) is 16.7. The molecule has 1 amide bonds. The van der Waals surface area contributed by atoms with Crippen molar-refractivity contribution in [3.8, 4) is 5.75 Å². The number of methoxy groups -OCH3 is 1. The molecule has 1 aromatic rings. The zero-order valence-corrected chi connectivity index (χ0v) is 14.0. The molecule has 1 aliphatic rings. The topological polar surface area (TPSA) is 32.8 Å². The molecule has 22 heavy (non-hydrogen) atoms. The molecular weight excluding hydrogens is 276 g/mol. The quantitative estimate of drug-likeness (QED) is 0.838. The number of ether oxygens (including phenoxy) is 1. The second-order valence-corrected chi connectivity index (χ2v) is 6.46. The maximum Gasteiger partial charge on any atom is 0.222 e. The normalized spacial score (nSPS) is 16.6. The van der Waals surface area contributed by atoms with Gasteiger partial charge in [-0.05, 0) is 30.0 Å². The summed E-state index contributed by atoms with van der Waals surface area (Å²) in [5.41, 5.74) is 1.29. The van der Waals surface area contributed by atoms with Crippen LogP contribution in [0.5, 0.6) is 5.75 Å². The Morgan fingerprint density at radius 3 is 2.50 bits per heavy atom. The Morgan fingerprint density at radius 1 is 1.14 bits per heavy atom. The lowest BCUT2D eigenvalue weighted by Crippen LogP contribution is -2.35. The van der Waals surface area contributed by atoms with Crippen molar-refractivity contribution in [2.45, 2.75) is 33.2 Å². The van der Waals surface area contributed by atoms with Crippen molar-refractivity contribution in [1.29, 1.82) is 0 Å². The molecule has 0 radical (unpaired) electrons. The summed E-state index contributed by atoms with van der Waals surface area (Å²) in [6, 6.07) is 8.24. The SMILES string of the molecule is COc1ccc(CN2CCCN(C(=O)CC(C)C)CC2)cc1. The van der Waals surface area contributed by atoms with E-state index in [1.54, 1.807) is 7.11 Å². The minimum absolute atomic E-state index is 0.307. The van der Waals surface area contributed by atoms with Gasteiger partial charge in [0.15, 0.2) is 0 Å². The molecule has 0 saturated carbocycles. The van der Waals surface area contributed by atoms with E-state index in [1.165, 1.54) is 5.56 Å². The van der Waals surface area contributed by atoms with Crippen LogP contribution in [0, 0.1) is 5.92 Å². The highest BCUT2D eigenvalue weighted by atomic mass is 16.5. The predicted octanol–water partition coefficient (Wildman–Crippen LogP) is 2.78. The molecular formula is C18H28N2O2. The molecule has 4 heteroatoms. The van der Waals surface area contributed by atoms with Crippen LogP contribution in [-0.4, -0.2) is 49.0 Å². The number of hydrogen-bond donors (Lipinski definition) is 0. The molecule has 122 valence electrons. The van der Waals surface area contributed by atoms with E-state index in [1.807, 2.05) is 17.0 Å². The van der Waals surface area contributed by atoms with Gasteiger partial charge >= 0.3 is 0 Å². The molecule has 4 nitrogen and oxygen atoms in total. The van der Waals surface area contributed by atoms with E-state index in [-0.39, 0.29) is 0 Å². The maximum atomic E-state index is 12.2. The molecule has 1 fully saturated rings. The van der Waals surface area contributed by atoms with Crippen molar-refractivity contribution in [2.75, 3.05) is 33.3 Å². The van der Waals surface area contributed by atoms with Crippen molar-refractivity contribution < 1.29 is 9.53 Å². The van der Waals surface area contributed by atoms with Crippen LogP contribution in [0.4, 0.5) is 0 Å².